The normalized spacial score (nSPS) is 13.8. The average Bonchev–Trinajstić information content (AvgIpc) is 3.44. The molecule has 4 atom stereocenters. The zero-order chi connectivity index (χ0) is 29.5. The molecule has 1 aromatic carbocycles. The van der Waals surface area contributed by atoms with E-state index in [1.165, 1.54) is 12.5 Å². The quantitative estimate of drug-likeness (QED) is 0.0985. The number of rotatable bonds is 18. The van der Waals surface area contributed by atoms with E-state index in [1.807, 2.05) is 0 Å². The first-order chi connectivity index (χ1) is 19.1. The predicted octanol–water partition coefficient (Wildman–Crippen LogP) is -1.54. The largest absolute Gasteiger partial charge is 0.480 e. The van der Waals surface area contributed by atoms with Gasteiger partial charge in [-0.25, -0.2) is 9.78 Å². The Morgan fingerprint density at radius 1 is 0.875 bits per heavy atom. The van der Waals surface area contributed by atoms with Crippen molar-refractivity contribution in [2.45, 2.75) is 69.1 Å². The summed E-state index contributed by atoms with van der Waals surface area (Å²) in [6, 6.07) is 4.31. The Morgan fingerprint density at radius 2 is 1.52 bits per heavy atom. The molecule has 218 valence electrons. The number of nitrogens with zero attached hydrogens (tertiary/aromatic N) is 1. The Morgan fingerprint density at radius 3 is 2.12 bits per heavy atom. The SMILES string of the molecule is NCCCCC(NC(=O)C(N)CCC(N)=O)C(=O)NC(Cc1ccccc1)C(=O)NC(Cc1cnc[nH]1)C(=O)O. The standard InChI is InChI=1S/C26H38N8O6/c27-11-5-4-8-19(32-23(36)18(28)9-10-22(29)35)24(37)33-20(12-16-6-2-1-3-7-16)25(38)34-21(26(39)40)13-17-14-30-15-31-17/h1-3,6-7,14-15,18-21H,4-5,8-13,27-28H2,(H2,29,35)(H,30,31)(H,32,36)(H,33,37)(H,34,38)(H,39,40). The Hall–Kier alpha value is -4.30. The molecule has 0 aliphatic heterocycles. The lowest BCUT2D eigenvalue weighted by atomic mass is 10.0. The maximum Gasteiger partial charge on any atom is 0.326 e. The third kappa shape index (κ3) is 11.2. The number of benzene rings is 1. The molecule has 0 aliphatic rings. The van der Waals surface area contributed by atoms with Crippen LogP contribution >= 0.6 is 0 Å². The topological polar surface area (TPSA) is 248 Å². The van der Waals surface area contributed by atoms with Crippen LogP contribution in [0.2, 0.25) is 0 Å². The third-order valence-corrected chi connectivity index (χ3v) is 6.13. The van der Waals surface area contributed by atoms with Crippen LogP contribution < -0.4 is 33.2 Å². The van der Waals surface area contributed by atoms with Gasteiger partial charge in [0, 0.05) is 31.2 Å². The molecular formula is C26H38N8O6. The second kappa shape index (κ2) is 16.6. The van der Waals surface area contributed by atoms with Crippen LogP contribution in [0.1, 0.15) is 43.4 Å². The van der Waals surface area contributed by atoms with Crippen LogP contribution in [0.4, 0.5) is 0 Å². The van der Waals surface area contributed by atoms with Crippen molar-refractivity contribution in [2.75, 3.05) is 6.54 Å². The third-order valence-electron chi connectivity index (χ3n) is 6.13. The lowest BCUT2D eigenvalue weighted by Crippen LogP contribution is -2.57. The molecule has 4 unspecified atom stereocenters. The number of aliphatic carboxylic acids is 1. The number of hydrogen-bond acceptors (Lipinski definition) is 8. The molecule has 11 N–H and O–H groups in total. The van der Waals surface area contributed by atoms with E-state index in [4.69, 9.17) is 17.2 Å². The van der Waals surface area contributed by atoms with Gasteiger partial charge in [0.05, 0.1) is 12.4 Å². The second-order valence-corrected chi connectivity index (χ2v) is 9.39. The van der Waals surface area contributed by atoms with Gasteiger partial charge in [0.15, 0.2) is 0 Å². The average molecular weight is 559 g/mol. The number of aromatic nitrogens is 2. The lowest BCUT2D eigenvalue weighted by molar-refractivity contribution is -0.142. The van der Waals surface area contributed by atoms with Gasteiger partial charge >= 0.3 is 5.97 Å². The van der Waals surface area contributed by atoms with E-state index in [0.29, 0.717) is 25.1 Å². The molecule has 0 spiro atoms. The maximum atomic E-state index is 13.4. The maximum absolute atomic E-state index is 13.4. The summed E-state index contributed by atoms with van der Waals surface area (Å²) in [5.74, 6) is -3.88. The van der Waals surface area contributed by atoms with Crippen molar-refractivity contribution >= 4 is 29.6 Å². The number of carboxylic acids is 1. The van der Waals surface area contributed by atoms with Gasteiger partial charge in [0.25, 0.3) is 0 Å². The number of carbonyl (C=O) groups is 5. The number of nitrogens with one attached hydrogen (secondary N) is 4. The van der Waals surface area contributed by atoms with Crippen LogP contribution in [0.25, 0.3) is 0 Å². The van der Waals surface area contributed by atoms with Crippen LogP contribution in [-0.2, 0) is 36.8 Å². The van der Waals surface area contributed by atoms with E-state index in [1.54, 1.807) is 30.3 Å². The van der Waals surface area contributed by atoms with Crippen molar-refractivity contribution < 1.29 is 29.1 Å². The Balaban J connectivity index is 2.20. The van der Waals surface area contributed by atoms with Gasteiger partial charge < -0.3 is 43.2 Å². The van der Waals surface area contributed by atoms with Crippen LogP contribution in [-0.4, -0.2) is 75.4 Å². The molecule has 2 rings (SSSR count). The van der Waals surface area contributed by atoms with E-state index >= 15 is 0 Å². The van der Waals surface area contributed by atoms with Crippen molar-refractivity contribution in [2.24, 2.45) is 17.2 Å². The number of imidazole rings is 1. The summed E-state index contributed by atoms with van der Waals surface area (Å²) in [7, 11) is 0. The molecule has 0 saturated heterocycles. The Bertz CT molecular complexity index is 1110. The smallest absolute Gasteiger partial charge is 0.326 e. The van der Waals surface area contributed by atoms with E-state index in [9.17, 15) is 29.1 Å². The molecule has 0 bridgehead atoms. The molecule has 0 radical (unpaired) electrons. The zero-order valence-electron chi connectivity index (χ0n) is 22.2. The number of carboxylic acid groups (broad SMARTS) is 1. The van der Waals surface area contributed by atoms with E-state index in [-0.39, 0.29) is 32.1 Å². The van der Waals surface area contributed by atoms with Crippen molar-refractivity contribution in [1.29, 1.82) is 0 Å². The zero-order valence-corrected chi connectivity index (χ0v) is 22.2. The number of aromatic amines is 1. The Labute approximate surface area is 231 Å². The highest BCUT2D eigenvalue weighted by molar-refractivity contribution is 5.94. The first kappa shape index (κ1) is 31.9. The highest BCUT2D eigenvalue weighted by atomic mass is 16.4. The van der Waals surface area contributed by atoms with Crippen LogP contribution in [0.5, 0.6) is 0 Å². The number of hydrogen-bond donors (Lipinski definition) is 8. The fourth-order valence-electron chi connectivity index (χ4n) is 3.89. The minimum Gasteiger partial charge on any atom is -0.480 e. The molecule has 2 aromatic rings. The second-order valence-electron chi connectivity index (χ2n) is 9.39. The van der Waals surface area contributed by atoms with Gasteiger partial charge in [-0.05, 0) is 37.8 Å². The van der Waals surface area contributed by atoms with E-state index in [2.05, 4.69) is 25.9 Å². The van der Waals surface area contributed by atoms with Gasteiger partial charge in [0.2, 0.25) is 23.6 Å². The number of unbranched alkanes of at least 4 members (excludes halogenated alkanes) is 1. The van der Waals surface area contributed by atoms with E-state index in [0.717, 1.165) is 5.56 Å². The lowest BCUT2D eigenvalue weighted by Gasteiger charge is -2.25. The number of carbonyl (C=O) groups excluding carboxylic acids is 4. The van der Waals surface area contributed by atoms with Crippen LogP contribution in [0, 0.1) is 0 Å². The highest BCUT2D eigenvalue weighted by Crippen LogP contribution is 2.08. The van der Waals surface area contributed by atoms with Gasteiger partial charge in [-0.3, -0.25) is 19.2 Å². The molecule has 1 aromatic heterocycles. The van der Waals surface area contributed by atoms with Crippen molar-refractivity contribution in [3.05, 3.63) is 54.1 Å². The fourth-order valence-corrected chi connectivity index (χ4v) is 3.89. The summed E-state index contributed by atoms with van der Waals surface area (Å²) < 4.78 is 0. The molecular weight excluding hydrogens is 520 g/mol. The molecule has 14 nitrogen and oxygen atoms in total. The van der Waals surface area contributed by atoms with Gasteiger partial charge in [-0.15, -0.1) is 0 Å². The minimum absolute atomic E-state index is 0.00422. The highest BCUT2D eigenvalue weighted by Gasteiger charge is 2.30. The number of nitrogens with two attached hydrogens (primary N) is 3. The van der Waals surface area contributed by atoms with E-state index < -0.39 is 53.8 Å². The molecule has 0 aliphatic carbocycles. The summed E-state index contributed by atoms with van der Waals surface area (Å²) in [5, 5.41) is 17.4. The monoisotopic (exact) mass is 558 g/mol. The summed E-state index contributed by atoms with van der Waals surface area (Å²) >= 11 is 0. The predicted molar refractivity (Wildman–Crippen MR) is 145 cm³/mol. The summed E-state index contributed by atoms with van der Waals surface area (Å²) in [4.78, 5) is 68.9. The number of H-pyrrole nitrogens is 1. The molecule has 14 heteroatoms. The summed E-state index contributed by atoms with van der Waals surface area (Å²) in [6.45, 7) is 0.381. The van der Waals surface area contributed by atoms with Crippen LogP contribution in [0.3, 0.4) is 0 Å². The number of amides is 4. The minimum atomic E-state index is -1.29. The molecule has 0 fully saturated rings. The summed E-state index contributed by atoms with van der Waals surface area (Å²) in [5.41, 5.74) is 17.8. The summed E-state index contributed by atoms with van der Waals surface area (Å²) in [6.07, 6.45) is 4.09. The van der Waals surface area contributed by atoms with Crippen molar-refractivity contribution in [3.63, 3.8) is 0 Å². The first-order valence-electron chi connectivity index (χ1n) is 13.0. The van der Waals surface area contributed by atoms with Crippen LogP contribution in [0.15, 0.2) is 42.9 Å². The van der Waals surface area contributed by atoms with Crippen molar-refractivity contribution in [3.8, 4) is 0 Å². The molecule has 1 heterocycles. The first-order valence-corrected chi connectivity index (χ1v) is 13.0. The molecule has 4 amide bonds. The number of primary amides is 1. The van der Waals surface area contributed by atoms with Gasteiger partial charge in [-0.1, -0.05) is 30.3 Å². The van der Waals surface area contributed by atoms with Gasteiger partial charge in [-0.2, -0.15) is 0 Å². The molecule has 0 saturated carbocycles. The van der Waals surface area contributed by atoms with Crippen molar-refractivity contribution in [1.82, 2.24) is 25.9 Å². The van der Waals surface area contributed by atoms with Gasteiger partial charge in [0.1, 0.15) is 18.1 Å². The Kier molecular flexibility index (Phi) is 13.3. The fraction of sp³-hybridized carbons (Fsp3) is 0.462. The molecule has 40 heavy (non-hydrogen) atoms.